The third kappa shape index (κ3) is 2.56. The molecule has 0 spiro atoms. The van der Waals surface area contributed by atoms with Crippen molar-refractivity contribution in [2.75, 3.05) is 0 Å². The highest BCUT2D eigenvalue weighted by atomic mass is 35.5. The number of fused-ring (bicyclic) bond motifs is 3. The predicted octanol–water partition coefficient (Wildman–Crippen LogP) is 6.53. The fraction of sp³-hybridized carbons (Fsp3) is 0. The fourth-order valence-electron chi connectivity index (χ4n) is 3.41. The zero-order valence-corrected chi connectivity index (χ0v) is 14.9. The number of halogens is 1. The van der Waals surface area contributed by atoms with Crippen LogP contribution in [0.3, 0.4) is 0 Å². The van der Waals surface area contributed by atoms with Crippen molar-refractivity contribution in [3.8, 4) is 22.6 Å². The number of hydrogen-bond donors (Lipinski definition) is 0. The highest BCUT2D eigenvalue weighted by Crippen LogP contribution is 2.41. The zero-order chi connectivity index (χ0) is 18.4. The van der Waals surface area contributed by atoms with E-state index in [0.29, 0.717) is 32.9 Å². The highest BCUT2D eigenvalue weighted by molar-refractivity contribution is 6.32. The molecule has 0 amide bonds. The summed E-state index contributed by atoms with van der Waals surface area (Å²) < 4.78 is 11.8. The summed E-state index contributed by atoms with van der Waals surface area (Å²) in [6, 6.07) is 24.5. The molecule has 0 saturated carbocycles. The smallest absolute Gasteiger partial charge is 0.348 e. The first kappa shape index (κ1) is 15.9. The minimum absolute atomic E-state index is 0.426. The summed E-state index contributed by atoms with van der Waals surface area (Å²) in [6.45, 7) is 0. The van der Waals surface area contributed by atoms with Crippen molar-refractivity contribution < 1.29 is 8.83 Å². The van der Waals surface area contributed by atoms with E-state index in [0.717, 1.165) is 16.5 Å². The molecule has 130 valence electrons. The van der Waals surface area contributed by atoms with Crippen LogP contribution in [0.1, 0.15) is 0 Å². The van der Waals surface area contributed by atoms with E-state index in [4.69, 9.17) is 20.4 Å². The Balaban J connectivity index is 2.01. The van der Waals surface area contributed by atoms with Crippen LogP contribution in [-0.2, 0) is 0 Å². The maximum atomic E-state index is 12.9. The third-order valence-corrected chi connectivity index (χ3v) is 4.83. The summed E-state index contributed by atoms with van der Waals surface area (Å²) in [5, 5.41) is 2.46. The van der Waals surface area contributed by atoms with Crippen LogP contribution in [0.5, 0.6) is 0 Å². The maximum absolute atomic E-state index is 12.9. The van der Waals surface area contributed by atoms with Gasteiger partial charge in [0.05, 0.1) is 0 Å². The van der Waals surface area contributed by atoms with Gasteiger partial charge >= 0.3 is 5.63 Å². The molecule has 0 aliphatic carbocycles. The lowest BCUT2D eigenvalue weighted by Crippen LogP contribution is -1.99. The van der Waals surface area contributed by atoms with Crippen molar-refractivity contribution in [1.82, 2.24) is 0 Å². The number of furan rings is 1. The van der Waals surface area contributed by atoms with Gasteiger partial charge in [-0.25, -0.2) is 4.79 Å². The molecular weight excluding hydrogens is 360 g/mol. The fourth-order valence-corrected chi connectivity index (χ4v) is 3.58. The van der Waals surface area contributed by atoms with Gasteiger partial charge in [0.1, 0.15) is 22.5 Å². The number of rotatable bonds is 2. The minimum Gasteiger partial charge on any atom is -0.454 e. The maximum Gasteiger partial charge on any atom is 0.348 e. The standard InChI is InChI=1S/C23H13ClO3/c24-16-11-12-18-17(13-16)19-20(23(25)26-18)22(15-9-5-2-6-10-15)27-21(19)14-7-3-1-4-8-14/h1-13H. The Morgan fingerprint density at radius 2 is 1.26 bits per heavy atom. The van der Waals surface area contributed by atoms with Crippen LogP contribution >= 0.6 is 11.6 Å². The summed E-state index contributed by atoms with van der Waals surface area (Å²) >= 11 is 6.23. The molecule has 2 aromatic heterocycles. The molecular formula is C23H13ClO3. The monoisotopic (exact) mass is 372 g/mol. The Kier molecular flexibility index (Phi) is 3.62. The van der Waals surface area contributed by atoms with E-state index in [1.54, 1.807) is 18.2 Å². The Hall–Kier alpha value is -3.30. The van der Waals surface area contributed by atoms with Crippen molar-refractivity contribution in [3.63, 3.8) is 0 Å². The summed E-state index contributed by atoms with van der Waals surface area (Å²) in [5.41, 5.74) is 1.76. The van der Waals surface area contributed by atoms with Gasteiger partial charge in [0, 0.05) is 26.9 Å². The number of hydrogen-bond acceptors (Lipinski definition) is 3. The molecule has 0 radical (unpaired) electrons. The Morgan fingerprint density at radius 3 is 1.89 bits per heavy atom. The van der Waals surface area contributed by atoms with Gasteiger partial charge in [-0.2, -0.15) is 0 Å². The molecule has 5 rings (SSSR count). The zero-order valence-electron chi connectivity index (χ0n) is 14.1. The SMILES string of the molecule is O=c1oc2ccc(Cl)cc2c2c(-c3ccccc3)oc(-c3ccccc3)c12. The lowest BCUT2D eigenvalue weighted by molar-refractivity contribution is 0.567. The average molecular weight is 373 g/mol. The first-order chi connectivity index (χ1) is 13.2. The summed E-state index contributed by atoms with van der Waals surface area (Å²) in [4.78, 5) is 12.9. The van der Waals surface area contributed by atoms with E-state index in [2.05, 4.69) is 0 Å². The lowest BCUT2D eigenvalue weighted by atomic mass is 10.0. The predicted molar refractivity (Wildman–Crippen MR) is 108 cm³/mol. The topological polar surface area (TPSA) is 43.4 Å². The van der Waals surface area contributed by atoms with Crippen LogP contribution < -0.4 is 5.63 Å². The van der Waals surface area contributed by atoms with E-state index in [9.17, 15) is 4.79 Å². The summed E-state index contributed by atoms with van der Waals surface area (Å²) in [6.07, 6.45) is 0. The van der Waals surface area contributed by atoms with Crippen molar-refractivity contribution in [2.45, 2.75) is 0 Å². The van der Waals surface area contributed by atoms with Gasteiger partial charge in [0.2, 0.25) is 0 Å². The van der Waals surface area contributed by atoms with Crippen LogP contribution in [0.15, 0.2) is 92.5 Å². The molecule has 4 heteroatoms. The third-order valence-electron chi connectivity index (χ3n) is 4.60. The van der Waals surface area contributed by atoms with E-state index in [-0.39, 0.29) is 0 Å². The first-order valence-electron chi connectivity index (χ1n) is 8.52. The van der Waals surface area contributed by atoms with Gasteiger partial charge in [-0.1, -0.05) is 72.3 Å². The van der Waals surface area contributed by atoms with E-state index >= 15 is 0 Å². The Morgan fingerprint density at radius 1 is 0.667 bits per heavy atom. The molecule has 27 heavy (non-hydrogen) atoms. The second-order valence-corrected chi connectivity index (χ2v) is 6.71. The normalized spacial score (nSPS) is 11.3. The first-order valence-corrected chi connectivity index (χ1v) is 8.90. The molecule has 0 N–H and O–H groups in total. The molecule has 3 nitrogen and oxygen atoms in total. The molecule has 3 aromatic carbocycles. The lowest BCUT2D eigenvalue weighted by Gasteiger charge is -2.02. The molecule has 0 unspecified atom stereocenters. The molecule has 0 aliphatic heterocycles. The minimum atomic E-state index is -0.426. The largest absolute Gasteiger partial charge is 0.454 e. The second-order valence-electron chi connectivity index (χ2n) is 6.27. The van der Waals surface area contributed by atoms with Crippen molar-refractivity contribution in [2.24, 2.45) is 0 Å². The Labute approximate surface area is 159 Å². The summed E-state index contributed by atoms with van der Waals surface area (Å²) in [7, 11) is 0. The van der Waals surface area contributed by atoms with Gasteiger partial charge in [0.15, 0.2) is 0 Å². The highest BCUT2D eigenvalue weighted by Gasteiger charge is 2.23. The Bertz CT molecular complexity index is 1330. The molecule has 0 saturated heterocycles. The van der Waals surface area contributed by atoms with Crippen LogP contribution in [0.4, 0.5) is 0 Å². The molecule has 0 bridgehead atoms. The summed E-state index contributed by atoms with van der Waals surface area (Å²) in [5.74, 6) is 1.13. The van der Waals surface area contributed by atoms with Crippen LogP contribution in [0.25, 0.3) is 44.4 Å². The number of benzene rings is 3. The van der Waals surface area contributed by atoms with E-state index < -0.39 is 5.63 Å². The molecule has 0 fully saturated rings. The molecule has 0 aliphatic rings. The van der Waals surface area contributed by atoms with Crippen molar-refractivity contribution in [1.29, 1.82) is 0 Å². The van der Waals surface area contributed by atoms with Gasteiger partial charge < -0.3 is 8.83 Å². The van der Waals surface area contributed by atoms with Crippen molar-refractivity contribution in [3.05, 3.63) is 94.3 Å². The van der Waals surface area contributed by atoms with Gasteiger partial charge in [-0.3, -0.25) is 0 Å². The van der Waals surface area contributed by atoms with E-state index in [1.165, 1.54) is 0 Å². The van der Waals surface area contributed by atoms with Gasteiger partial charge in [-0.05, 0) is 18.2 Å². The van der Waals surface area contributed by atoms with E-state index in [1.807, 2.05) is 60.7 Å². The molecule has 5 aromatic rings. The average Bonchev–Trinajstić information content (AvgIpc) is 3.12. The van der Waals surface area contributed by atoms with Crippen LogP contribution in [-0.4, -0.2) is 0 Å². The van der Waals surface area contributed by atoms with Crippen LogP contribution in [0.2, 0.25) is 5.02 Å². The molecule has 2 heterocycles. The van der Waals surface area contributed by atoms with Crippen LogP contribution in [0, 0.1) is 0 Å². The molecule has 0 atom stereocenters. The van der Waals surface area contributed by atoms with Crippen molar-refractivity contribution >= 4 is 33.3 Å². The second kappa shape index (κ2) is 6.15. The van der Waals surface area contributed by atoms with Gasteiger partial charge in [-0.15, -0.1) is 0 Å². The van der Waals surface area contributed by atoms with Gasteiger partial charge in [0.25, 0.3) is 0 Å². The quantitative estimate of drug-likeness (QED) is 0.331.